The Bertz CT molecular complexity index is 448. The molecule has 1 aromatic heterocycles. The van der Waals surface area contributed by atoms with Crippen LogP contribution in [-0.2, 0) is 0 Å². The van der Waals surface area contributed by atoms with Crippen LogP contribution in [-0.4, -0.2) is 10.1 Å². The summed E-state index contributed by atoms with van der Waals surface area (Å²) >= 11 is 0. The molecule has 0 radical (unpaired) electrons. The van der Waals surface area contributed by atoms with Crippen molar-refractivity contribution in [1.29, 1.82) is 0 Å². The van der Waals surface area contributed by atoms with Crippen molar-refractivity contribution in [2.24, 2.45) is 0 Å². The molecule has 0 amide bonds. The van der Waals surface area contributed by atoms with Crippen LogP contribution in [0.5, 0.6) is 0 Å². The van der Waals surface area contributed by atoms with E-state index in [9.17, 15) is 5.11 Å². The summed E-state index contributed by atoms with van der Waals surface area (Å²) in [6.45, 7) is 0. The smallest absolute Gasteiger partial charge is 0.141 e. The number of benzene rings is 1. The summed E-state index contributed by atoms with van der Waals surface area (Å²) in [5, 5.41) is 9.77. The third-order valence-corrected chi connectivity index (χ3v) is 2.03. The monoisotopic (exact) mass is 197 g/mol. The van der Waals surface area contributed by atoms with Gasteiger partial charge in [-0.05, 0) is 23.8 Å². The molecule has 2 heteroatoms. The zero-order chi connectivity index (χ0) is 10.5. The van der Waals surface area contributed by atoms with Crippen molar-refractivity contribution in [1.82, 2.24) is 4.98 Å². The molecular weight excluding hydrogens is 186 g/mol. The summed E-state index contributed by atoms with van der Waals surface area (Å²) in [7, 11) is 0. The highest BCUT2D eigenvalue weighted by molar-refractivity contribution is 5.74. The Morgan fingerprint density at radius 3 is 2.40 bits per heavy atom. The zero-order valence-electron chi connectivity index (χ0n) is 8.17. The molecule has 0 aliphatic carbocycles. The first-order chi connectivity index (χ1) is 7.36. The van der Waals surface area contributed by atoms with E-state index < -0.39 is 0 Å². The lowest BCUT2D eigenvalue weighted by atomic mass is 10.2. The van der Waals surface area contributed by atoms with Crippen LogP contribution in [0.3, 0.4) is 0 Å². The second-order valence-corrected chi connectivity index (χ2v) is 3.16. The first kappa shape index (κ1) is 9.46. The van der Waals surface area contributed by atoms with E-state index in [0.717, 1.165) is 5.56 Å². The highest BCUT2D eigenvalue weighted by Crippen LogP contribution is 2.12. The molecule has 2 aromatic rings. The van der Waals surface area contributed by atoms with Gasteiger partial charge in [-0.25, -0.2) is 0 Å². The number of hydrogen-bond acceptors (Lipinski definition) is 2. The maximum absolute atomic E-state index is 9.77. The van der Waals surface area contributed by atoms with E-state index in [-0.39, 0.29) is 5.76 Å². The predicted octanol–water partition coefficient (Wildman–Crippen LogP) is 3.14. The van der Waals surface area contributed by atoms with E-state index in [1.165, 1.54) is 0 Å². The van der Waals surface area contributed by atoms with Crippen LogP contribution < -0.4 is 0 Å². The van der Waals surface area contributed by atoms with Gasteiger partial charge in [0.05, 0.1) is 0 Å². The number of aromatic nitrogens is 1. The molecule has 1 heterocycles. The van der Waals surface area contributed by atoms with Crippen molar-refractivity contribution in [3.8, 4) is 0 Å². The maximum Gasteiger partial charge on any atom is 0.141 e. The molecule has 2 rings (SSSR count). The number of aliphatic hydroxyl groups is 1. The number of hydrogen-bond donors (Lipinski definition) is 1. The summed E-state index contributed by atoms with van der Waals surface area (Å²) in [4.78, 5) is 4.06. The van der Waals surface area contributed by atoms with Crippen molar-refractivity contribution >= 4 is 11.8 Å². The fraction of sp³-hybridized carbons (Fsp3) is 0. The quantitative estimate of drug-likeness (QED) is 0.750. The van der Waals surface area contributed by atoms with Gasteiger partial charge in [-0.15, -0.1) is 0 Å². The first-order valence-corrected chi connectivity index (χ1v) is 4.73. The fourth-order valence-corrected chi connectivity index (χ4v) is 1.30. The molecular formula is C13H11NO. The summed E-state index contributed by atoms with van der Waals surface area (Å²) in [6, 6.07) is 15.1. The van der Waals surface area contributed by atoms with Crippen molar-refractivity contribution in [3.63, 3.8) is 0 Å². The number of aliphatic hydroxyl groups excluding tert-OH is 1. The molecule has 0 aliphatic heterocycles. The topological polar surface area (TPSA) is 33.1 Å². The van der Waals surface area contributed by atoms with E-state index in [0.29, 0.717) is 5.69 Å². The van der Waals surface area contributed by atoms with Gasteiger partial charge in [0.1, 0.15) is 11.5 Å². The van der Waals surface area contributed by atoms with Gasteiger partial charge in [0, 0.05) is 6.20 Å². The Morgan fingerprint density at radius 1 is 1.00 bits per heavy atom. The molecule has 15 heavy (non-hydrogen) atoms. The molecule has 1 aromatic carbocycles. The standard InChI is InChI=1S/C13H11NO/c15-13(12-8-4-5-9-14-12)10-11-6-2-1-3-7-11/h1-10,15H. The van der Waals surface area contributed by atoms with E-state index in [1.54, 1.807) is 18.3 Å². The van der Waals surface area contributed by atoms with Crippen molar-refractivity contribution < 1.29 is 5.11 Å². The van der Waals surface area contributed by atoms with Crippen LogP contribution in [0, 0.1) is 0 Å². The normalized spacial score (nSPS) is 11.3. The van der Waals surface area contributed by atoms with E-state index >= 15 is 0 Å². The van der Waals surface area contributed by atoms with Crippen molar-refractivity contribution in [3.05, 3.63) is 66.0 Å². The van der Waals surface area contributed by atoms with Crippen molar-refractivity contribution in [2.45, 2.75) is 0 Å². The van der Waals surface area contributed by atoms with E-state index in [1.807, 2.05) is 42.5 Å². The molecule has 0 saturated heterocycles. The van der Waals surface area contributed by atoms with Gasteiger partial charge in [-0.3, -0.25) is 4.98 Å². The maximum atomic E-state index is 9.77. The molecule has 0 saturated carbocycles. The van der Waals surface area contributed by atoms with Gasteiger partial charge in [0.25, 0.3) is 0 Å². The van der Waals surface area contributed by atoms with Crippen LogP contribution >= 0.6 is 0 Å². The van der Waals surface area contributed by atoms with Gasteiger partial charge in [0.2, 0.25) is 0 Å². The molecule has 0 bridgehead atoms. The Kier molecular flexibility index (Phi) is 2.79. The summed E-state index contributed by atoms with van der Waals surface area (Å²) in [5.41, 5.74) is 1.54. The lowest BCUT2D eigenvalue weighted by molar-refractivity contribution is 0.512. The van der Waals surface area contributed by atoms with Crippen LogP contribution in [0.1, 0.15) is 11.3 Å². The Hall–Kier alpha value is -2.09. The third-order valence-electron chi connectivity index (χ3n) is 2.03. The molecule has 0 fully saturated rings. The third kappa shape index (κ3) is 2.44. The average Bonchev–Trinajstić information content (AvgIpc) is 2.31. The minimum atomic E-state index is 0.182. The number of rotatable bonds is 2. The highest BCUT2D eigenvalue weighted by atomic mass is 16.3. The molecule has 0 atom stereocenters. The van der Waals surface area contributed by atoms with Gasteiger partial charge >= 0.3 is 0 Å². The molecule has 74 valence electrons. The van der Waals surface area contributed by atoms with E-state index in [2.05, 4.69) is 4.98 Å². The van der Waals surface area contributed by atoms with Crippen LogP contribution in [0.25, 0.3) is 11.8 Å². The lowest BCUT2D eigenvalue weighted by Gasteiger charge is -1.98. The second-order valence-electron chi connectivity index (χ2n) is 3.16. The molecule has 2 nitrogen and oxygen atoms in total. The Morgan fingerprint density at radius 2 is 1.73 bits per heavy atom. The second kappa shape index (κ2) is 4.42. The molecule has 0 spiro atoms. The molecule has 0 aliphatic rings. The number of pyridine rings is 1. The minimum absolute atomic E-state index is 0.182. The molecule has 0 unspecified atom stereocenters. The summed E-state index contributed by atoms with van der Waals surface area (Å²) in [6.07, 6.45) is 3.35. The SMILES string of the molecule is OC(=Cc1ccccc1)c1ccccn1. The van der Waals surface area contributed by atoms with Crippen molar-refractivity contribution in [2.75, 3.05) is 0 Å². The average molecular weight is 197 g/mol. The summed E-state index contributed by atoms with van der Waals surface area (Å²) in [5.74, 6) is 0.182. The minimum Gasteiger partial charge on any atom is -0.506 e. The highest BCUT2D eigenvalue weighted by Gasteiger charge is 1.98. The number of nitrogens with zero attached hydrogens (tertiary/aromatic N) is 1. The Balaban J connectivity index is 2.29. The van der Waals surface area contributed by atoms with E-state index in [4.69, 9.17) is 0 Å². The predicted molar refractivity (Wildman–Crippen MR) is 61.2 cm³/mol. The largest absolute Gasteiger partial charge is 0.506 e. The lowest BCUT2D eigenvalue weighted by Crippen LogP contribution is -1.86. The van der Waals surface area contributed by atoms with Crippen LogP contribution in [0.15, 0.2) is 54.7 Å². The van der Waals surface area contributed by atoms with Crippen LogP contribution in [0.4, 0.5) is 0 Å². The van der Waals surface area contributed by atoms with Gasteiger partial charge in [-0.2, -0.15) is 0 Å². The van der Waals surface area contributed by atoms with Gasteiger partial charge in [0.15, 0.2) is 0 Å². The first-order valence-electron chi connectivity index (χ1n) is 4.73. The molecule has 1 N–H and O–H groups in total. The fourth-order valence-electron chi connectivity index (χ4n) is 1.30. The Labute approximate surface area is 88.5 Å². The summed E-state index contributed by atoms with van der Waals surface area (Å²) < 4.78 is 0. The zero-order valence-corrected chi connectivity index (χ0v) is 8.17. The van der Waals surface area contributed by atoms with Gasteiger partial charge < -0.3 is 5.11 Å². The van der Waals surface area contributed by atoms with Gasteiger partial charge in [-0.1, -0.05) is 36.4 Å². The van der Waals surface area contributed by atoms with Crippen LogP contribution in [0.2, 0.25) is 0 Å².